The van der Waals surface area contributed by atoms with Gasteiger partial charge in [0.1, 0.15) is 5.56 Å². The molecule has 0 aliphatic carbocycles. The molecule has 3 rings (SSSR count). The number of halogens is 2. The molecule has 8 heteroatoms. The van der Waals surface area contributed by atoms with Crippen LogP contribution in [0.2, 0.25) is 10.0 Å². The van der Waals surface area contributed by atoms with E-state index < -0.39 is 11.4 Å². The maximum atomic E-state index is 12.7. The molecule has 0 aliphatic heterocycles. The summed E-state index contributed by atoms with van der Waals surface area (Å²) < 4.78 is 3.68. The van der Waals surface area contributed by atoms with Gasteiger partial charge in [-0.1, -0.05) is 36.2 Å². The van der Waals surface area contributed by atoms with E-state index in [1.54, 1.807) is 18.2 Å². The van der Waals surface area contributed by atoms with E-state index in [-0.39, 0.29) is 5.56 Å². The van der Waals surface area contributed by atoms with Gasteiger partial charge in [0.15, 0.2) is 5.43 Å². The lowest BCUT2D eigenvalue weighted by Gasteiger charge is -2.19. The summed E-state index contributed by atoms with van der Waals surface area (Å²) in [5.74, 6) is -1.28. The fraction of sp³-hybridized carbons (Fsp3) is 0.286. The van der Waals surface area contributed by atoms with Crippen molar-refractivity contribution in [1.82, 2.24) is 14.3 Å². The normalized spacial score (nSPS) is 11.0. The topological polar surface area (TPSA) is 77.1 Å². The highest BCUT2D eigenvalue weighted by Gasteiger charge is 2.22. The van der Waals surface area contributed by atoms with Crippen molar-refractivity contribution in [3.8, 4) is 11.3 Å². The number of aromatic carboxylic acids is 1. The van der Waals surface area contributed by atoms with Crippen LogP contribution in [0.5, 0.6) is 0 Å². The Kier molecular flexibility index (Phi) is 6.45. The van der Waals surface area contributed by atoms with Gasteiger partial charge in [-0.05, 0) is 31.5 Å². The number of hydrogen-bond acceptors (Lipinski definition) is 3. The molecule has 0 saturated heterocycles. The third-order valence-electron chi connectivity index (χ3n) is 4.63. The molecule has 0 radical (unpaired) electrons. The second-order valence-corrected chi connectivity index (χ2v) is 7.46. The molecule has 1 N–H and O–H groups in total. The van der Waals surface area contributed by atoms with E-state index in [0.717, 1.165) is 18.7 Å². The monoisotopic (exact) mass is 433 g/mol. The van der Waals surface area contributed by atoms with Gasteiger partial charge in [-0.25, -0.2) is 4.79 Å². The molecule has 0 fully saturated rings. The van der Waals surface area contributed by atoms with Crippen molar-refractivity contribution >= 4 is 29.2 Å². The first-order valence-corrected chi connectivity index (χ1v) is 10.1. The minimum atomic E-state index is -1.28. The van der Waals surface area contributed by atoms with E-state index >= 15 is 0 Å². The highest BCUT2D eigenvalue weighted by atomic mass is 35.5. The Hall–Kier alpha value is -2.57. The first-order chi connectivity index (χ1) is 13.8. The standard InChI is InChI=1S/C21H21Cl2N3O3/c1-3-8-25-9-7-14(24-25)11-15-12-18(27)19(21(28)29)20(26(15)4-2)13-5-6-16(22)17(23)10-13/h5-7,9-10,12H,3-4,8,11H2,1-2H3,(H,28,29). The maximum absolute atomic E-state index is 12.7. The highest BCUT2D eigenvalue weighted by Crippen LogP contribution is 2.31. The first kappa shape index (κ1) is 21.1. The number of carboxylic acids is 1. The van der Waals surface area contributed by atoms with Crippen LogP contribution in [0, 0.1) is 0 Å². The van der Waals surface area contributed by atoms with E-state index in [0.29, 0.717) is 40.0 Å². The van der Waals surface area contributed by atoms with Crippen LogP contribution in [-0.4, -0.2) is 25.4 Å². The summed E-state index contributed by atoms with van der Waals surface area (Å²) in [4.78, 5) is 24.6. The van der Waals surface area contributed by atoms with E-state index in [2.05, 4.69) is 12.0 Å². The Bertz CT molecular complexity index is 1120. The van der Waals surface area contributed by atoms with Crippen LogP contribution < -0.4 is 5.43 Å². The minimum absolute atomic E-state index is 0.287. The Morgan fingerprint density at radius 2 is 1.90 bits per heavy atom. The Morgan fingerprint density at radius 1 is 1.14 bits per heavy atom. The van der Waals surface area contributed by atoms with E-state index in [1.807, 2.05) is 28.4 Å². The van der Waals surface area contributed by atoms with Gasteiger partial charge in [0.2, 0.25) is 0 Å². The molecule has 2 aromatic heterocycles. The first-order valence-electron chi connectivity index (χ1n) is 9.33. The molecule has 0 atom stereocenters. The maximum Gasteiger partial charge on any atom is 0.341 e. The fourth-order valence-corrected chi connectivity index (χ4v) is 3.69. The average molecular weight is 434 g/mol. The van der Waals surface area contributed by atoms with Crippen molar-refractivity contribution in [2.45, 2.75) is 39.8 Å². The number of hydrogen-bond donors (Lipinski definition) is 1. The number of carbonyl (C=O) groups is 1. The van der Waals surface area contributed by atoms with Crippen LogP contribution in [0.4, 0.5) is 0 Å². The summed E-state index contributed by atoms with van der Waals surface area (Å²) >= 11 is 12.2. The third kappa shape index (κ3) is 4.38. The molecule has 0 saturated carbocycles. The predicted octanol–water partition coefficient (Wildman–Crippen LogP) is 4.74. The summed E-state index contributed by atoms with van der Waals surface area (Å²) in [6.45, 7) is 5.26. The van der Waals surface area contributed by atoms with E-state index in [4.69, 9.17) is 23.2 Å². The van der Waals surface area contributed by atoms with Gasteiger partial charge in [-0.3, -0.25) is 9.48 Å². The van der Waals surface area contributed by atoms with E-state index in [9.17, 15) is 14.7 Å². The van der Waals surface area contributed by atoms with Crippen LogP contribution in [-0.2, 0) is 19.5 Å². The van der Waals surface area contributed by atoms with Gasteiger partial charge in [-0.2, -0.15) is 5.10 Å². The summed E-state index contributed by atoms with van der Waals surface area (Å²) in [5, 5.41) is 14.9. The van der Waals surface area contributed by atoms with Crippen LogP contribution in [0.25, 0.3) is 11.3 Å². The SMILES string of the molecule is CCCn1ccc(Cc2cc(=O)c(C(=O)O)c(-c3ccc(Cl)c(Cl)c3)n2CC)n1. The van der Waals surface area contributed by atoms with Crippen molar-refractivity contribution in [3.05, 3.63) is 73.7 Å². The lowest BCUT2D eigenvalue weighted by molar-refractivity contribution is 0.0695. The van der Waals surface area contributed by atoms with Crippen molar-refractivity contribution < 1.29 is 9.90 Å². The van der Waals surface area contributed by atoms with Crippen molar-refractivity contribution in [1.29, 1.82) is 0 Å². The molecule has 0 amide bonds. The summed E-state index contributed by atoms with van der Waals surface area (Å²) in [6, 6.07) is 8.13. The van der Waals surface area contributed by atoms with Gasteiger partial charge < -0.3 is 9.67 Å². The zero-order valence-corrected chi connectivity index (χ0v) is 17.7. The highest BCUT2D eigenvalue weighted by molar-refractivity contribution is 6.42. The number of rotatable bonds is 7. The molecule has 2 heterocycles. The largest absolute Gasteiger partial charge is 0.477 e. The number of benzene rings is 1. The van der Waals surface area contributed by atoms with Gasteiger partial charge in [-0.15, -0.1) is 0 Å². The molecular weight excluding hydrogens is 413 g/mol. The van der Waals surface area contributed by atoms with E-state index in [1.165, 1.54) is 6.07 Å². The van der Waals surface area contributed by atoms with Crippen LogP contribution in [0.15, 0.2) is 41.3 Å². The van der Waals surface area contributed by atoms with Crippen molar-refractivity contribution in [2.24, 2.45) is 0 Å². The number of carboxylic acid groups (broad SMARTS) is 1. The molecule has 1 aromatic carbocycles. The minimum Gasteiger partial charge on any atom is -0.477 e. The second-order valence-electron chi connectivity index (χ2n) is 6.65. The van der Waals surface area contributed by atoms with Crippen molar-refractivity contribution in [3.63, 3.8) is 0 Å². The predicted molar refractivity (Wildman–Crippen MR) is 114 cm³/mol. The number of pyridine rings is 1. The summed E-state index contributed by atoms with van der Waals surface area (Å²) in [5.41, 5.74) is 1.49. The Balaban J connectivity index is 2.20. The molecule has 3 aromatic rings. The molecule has 0 unspecified atom stereocenters. The molecular formula is C21H21Cl2N3O3. The number of aryl methyl sites for hydroxylation is 1. The molecule has 0 aliphatic rings. The van der Waals surface area contributed by atoms with Gasteiger partial charge in [0, 0.05) is 43.0 Å². The molecule has 6 nitrogen and oxygen atoms in total. The van der Waals surface area contributed by atoms with Crippen molar-refractivity contribution in [2.75, 3.05) is 0 Å². The second kappa shape index (κ2) is 8.84. The van der Waals surface area contributed by atoms with Crippen LogP contribution in [0.3, 0.4) is 0 Å². The zero-order valence-electron chi connectivity index (χ0n) is 16.2. The summed E-state index contributed by atoms with van der Waals surface area (Å²) in [7, 11) is 0. The van der Waals surface area contributed by atoms with Crippen LogP contribution >= 0.6 is 23.2 Å². The molecule has 29 heavy (non-hydrogen) atoms. The quantitative estimate of drug-likeness (QED) is 0.583. The van der Waals surface area contributed by atoms with Gasteiger partial charge >= 0.3 is 5.97 Å². The van der Waals surface area contributed by atoms with Crippen LogP contribution in [0.1, 0.15) is 42.0 Å². The zero-order chi connectivity index (χ0) is 21.1. The molecule has 0 spiro atoms. The Morgan fingerprint density at radius 3 is 2.52 bits per heavy atom. The number of aromatic nitrogens is 3. The number of nitrogens with zero attached hydrogens (tertiary/aromatic N) is 3. The molecule has 152 valence electrons. The smallest absolute Gasteiger partial charge is 0.341 e. The summed E-state index contributed by atoms with van der Waals surface area (Å²) in [6.07, 6.45) is 3.28. The van der Waals surface area contributed by atoms with Gasteiger partial charge in [0.05, 0.1) is 21.4 Å². The fourth-order valence-electron chi connectivity index (χ4n) is 3.39. The molecule has 0 bridgehead atoms. The Labute approximate surface area is 178 Å². The third-order valence-corrected chi connectivity index (χ3v) is 5.37. The average Bonchev–Trinajstić information content (AvgIpc) is 3.10. The lowest BCUT2D eigenvalue weighted by atomic mass is 10.0. The van der Waals surface area contributed by atoms with Gasteiger partial charge in [0.25, 0.3) is 0 Å². The lowest BCUT2D eigenvalue weighted by Crippen LogP contribution is -2.23.